The topological polar surface area (TPSA) is 53.4 Å². The summed E-state index contributed by atoms with van der Waals surface area (Å²) in [4.78, 5) is 19.4. The lowest BCUT2D eigenvalue weighted by molar-refractivity contribution is -0.142. The van der Waals surface area contributed by atoms with E-state index < -0.39 is 5.97 Å². The van der Waals surface area contributed by atoms with Crippen LogP contribution in [0.2, 0.25) is 0 Å². The first-order valence-corrected chi connectivity index (χ1v) is 8.42. The lowest BCUT2D eigenvalue weighted by Crippen LogP contribution is -2.43. The highest BCUT2D eigenvalue weighted by atomic mass is 32.1. The van der Waals surface area contributed by atoms with Crippen LogP contribution in [0.5, 0.6) is 0 Å². The maximum atomic E-state index is 11.5. The second kappa shape index (κ2) is 5.82. The number of carboxylic acid groups (broad SMARTS) is 1. The first-order valence-electron chi connectivity index (χ1n) is 7.54. The number of carboxylic acids is 1. The molecular formula is C15H22N2O2S. The molecule has 0 radical (unpaired) electrons. The van der Waals surface area contributed by atoms with Crippen LogP contribution in [0, 0.1) is 12.8 Å². The number of aliphatic carboxylic acids is 1. The lowest BCUT2D eigenvalue weighted by Gasteiger charge is -2.32. The van der Waals surface area contributed by atoms with Gasteiger partial charge in [0, 0.05) is 17.5 Å². The molecule has 1 saturated carbocycles. The highest BCUT2D eigenvalue weighted by Crippen LogP contribution is 2.39. The highest BCUT2D eigenvalue weighted by molar-refractivity contribution is 7.09. The van der Waals surface area contributed by atoms with Crippen LogP contribution in [-0.2, 0) is 11.2 Å². The van der Waals surface area contributed by atoms with Gasteiger partial charge in [0.05, 0.1) is 11.2 Å². The maximum absolute atomic E-state index is 11.5. The molecule has 1 N–H and O–H groups in total. The summed E-state index contributed by atoms with van der Waals surface area (Å²) in [6.45, 7) is 2.90. The Balaban J connectivity index is 1.71. The van der Waals surface area contributed by atoms with E-state index in [0.717, 1.165) is 25.1 Å². The summed E-state index contributed by atoms with van der Waals surface area (Å²) in [5.74, 6) is -0.0344. The van der Waals surface area contributed by atoms with E-state index in [1.165, 1.54) is 30.6 Å². The van der Waals surface area contributed by atoms with Crippen LogP contribution in [0.1, 0.15) is 42.7 Å². The Morgan fingerprint density at radius 2 is 2.30 bits per heavy atom. The molecule has 5 heteroatoms. The van der Waals surface area contributed by atoms with Crippen molar-refractivity contribution in [2.75, 3.05) is 6.54 Å². The first kappa shape index (κ1) is 14.0. The Bertz CT molecular complexity index is 488. The summed E-state index contributed by atoms with van der Waals surface area (Å²) in [5.41, 5.74) is 2.98. The summed E-state index contributed by atoms with van der Waals surface area (Å²) in [5, 5.41) is 9.49. The Morgan fingerprint density at radius 3 is 3.00 bits per heavy atom. The summed E-state index contributed by atoms with van der Waals surface area (Å²) >= 11 is 1.69. The van der Waals surface area contributed by atoms with Gasteiger partial charge >= 0.3 is 5.97 Å². The van der Waals surface area contributed by atoms with Crippen molar-refractivity contribution in [3.63, 3.8) is 0 Å². The minimum absolute atomic E-state index is 0.267. The van der Waals surface area contributed by atoms with Crippen molar-refractivity contribution in [2.24, 2.45) is 5.92 Å². The Morgan fingerprint density at radius 1 is 1.50 bits per heavy atom. The van der Waals surface area contributed by atoms with Gasteiger partial charge in [0.25, 0.3) is 0 Å². The van der Waals surface area contributed by atoms with Crippen molar-refractivity contribution >= 4 is 17.3 Å². The number of carbonyl (C=O) groups is 1. The fourth-order valence-electron chi connectivity index (χ4n) is 3.91. The zero-order chi connectivity index (χ0) is 14.1. The van der Waals surface area contributed by atoms with Gasteiger partial charge in [-0.15, -0.1) is 11.3 Å². The minimum Gasteiger partial charge on any atom is -0.480 e. The third-order valence-corrected chi connectivity index (χ3v) is 5.94. The van der Waals surface area contributed by atoms with Gasteiger partial charge in [-0.1, -0.05) is 12.8 Å². The largest absolute Gasteiger partial charge is 0.480 e. The fourth-order valence-corrected chi connectivity index (χ4v) is 4.68. The number of rotatable bonds is 4. The monoisotopic (exact) mass is 294 g/mol. The molecule has 1 aliphatic heterocycles. The summed E-state index contributed by atoms with van der Waals surface area (Å²) in [7, 11) is 0. The van der Waals surface area contributed by atoms with Gasteiger partial charge in [0.15, 0.2) is 0 Å². The van der Waals surface area contributed by atoms with Crippen LogP contribution >= 0.6 is 11.3 Å². The van der Waals surface area contributed by atoms with E-state index in [-0.39, 0.29) is 6.04 Å². The second-order valence-electron chi connectivity index (χ2n) is 6.05. The van der Waals surface area contributed by atoms with Gasteiger partial charge in [-0.2, -0.15) is 0 Å². The molecule has 2 fully saturated rings. The van der Waals surface area contributed by atoms with Gasteiger partial charge in [-0.05, 0) is 38.5 Å². The van der Waals surface area contributed by atoms with E-state index in [1.54, 1.807) is 11.3 Å². The quantitative estimate of drug-likeness (QED) is 0.927. The van der Waals surface area contributed by atoms with Gasteiger partial charge < -0.3 is 5.11 Å². The molecule has 1 aromatic rings. The molecule has 1 aromatic heterocycles. The molecule has 3 rings (SSSR count). The van der Waals surface area contributed by atoms with Gasteiger partial charge in [0.2, 0.25) is 0 Å². The fraction of sp³-hybridized carbons (Fsp3) is 0.733. The van der Waals surface area contributed by atoms with E-state index in [9.17, 15) is 9.90 Å². The summed E-state index contributed by atoms with van der Waals surface area (Å²) < 4.78 is 0. The third-order valence-electron chi connectivity index (χ3n) is 4.95. The van der Waals surface area contributed by atoms with Crippen LogP contribution in [-0.4, -0.2) is 39.6 Å². The molecule has 0 bridgehead atoms. The molecule has 4 nitrogen and oxygen atoms in total. The van der Waals surface area contributed by atoms with E-state index in [1.807, 2.05) is 12.4 Å². The average molecular weight is 294 g/mol. The van der Waals surface area contributed by atoms with Crippen LogP contribution < -0.4 is 0 Å². The lowest BCUT2D eigenvalue weighted by atomic mass is 9.85. The number of aromatic nitrogens is 1. The van der Waals surface area contributed by atoms with Crippen molar-refractivity contribution in [2.45, 2.75) is 57.5 Å². The first-order chi connectivity index (χ1) is 9.66. The Kier molecular flexibility index (Phi) is 4.08. The molecule has 0 spiro atoms. The zero-order valence-corrected chi connectivity index (χ0v) is 12.7. The maximum Gasteiger partial charge on any atom is 0.320 e. The molecule has 110 valence electrons. The number of aryl methyl sites for hydroxylation is 1. The van der Waals surface area contributed by atoms with E-state index in [0.29, 0.717) is 12.0 Å². The van der Waals surface area contributed by atoms with Crippen molar-refractivity contribution in [1.29, 1.82) is 0 Å². The molecule has 2 heterocycles. The number of likely N-dealkylation sites (tertiary alicyclic amines) is 1. The molecular weight excluding hydrogens is 272 g/mol. The number of thiazole rings is 1. The van der Waals surface area contributed by atoms with Gasteiger partial charge in [0.1, 0.15) is 6.04 Å². The summed E-state index contributed by atoms with van der Waals surface area (Å²) in [6, 6.07) is 0.231. The molecule has 0 amide bonds. The number of nitrogens with zero attached hydrogens (tertiary/aromatic N) is 2. The van der Waals surface area contributed by atoms with Crippen molar-refractivity contribution < 1.29 is 9.90 Å². The Labute approximate surface area is 123 Å². The standard InChI is InChI=1S/C15H22N2O2S/c1-10-14(20-9-16-10)6-7-17-12-5-3-2-4-11(12)8-13(17)15(18)19/h9,11-13H,2-8H2,1H3,(H,18,19). The molecule has 2 aliphatic rings. The zero-order valence-electron chi connectivity index (χ0n) is 11.9. The van der Waals surface area contributed by atoms with E-state index in [4.69, 9.17) is 0 Å². The van der Waals surface area contributed by atoms with Crippen molar-refractivity contribution in [3.8, 4) is 0 Å². The van der Waals surface area contributed by atoms with Crippen molar-refractivity contribution in [1.82, 2.24) is 9.88 Å². The highest BCUT2D eigenvalue weighted by Gasteiger charge is 2.44. The minimum atomic E-state index is -0.638. The predicted octanol–water partition coefficient (Wildman–Crippen LogP) is 2.71. The number of hydrogen-bond acceptors (Lipinski definition) is 4. The van der Waals surface area contributed by atoms with Crippen LogP contribution in [0.25, 0.3) is 0 Å². The summed E-state index contributed by atoms with van der Waals surface area (Å²) in [6.07, 6.45) is 6.70. The molecule has 3 atom stereocenters. The van der Waals surface area contributed by atoms with Gasteiger partial charge in [-0.25, -0.2) is 4.98 Å². The van der Waals surface area contributed by atoms with E-state index >= 15 is 0 Å². The third kappa shape index (κ3) is 2.61. The average Bonchev–Trinajstić information content (AvgIpc) is 3.00. The van der Waals surface area contributed by atoms with Crippen LogP contribution in [0.4, 0.5) is 0 Å². The van der Waals surface area contributed by atoms with Crippen LogP contribution in [0.3, 0.4) is 0 Å². The SMILES string of the molecule is Cc1ncsc1CCN1C(C(=O)O)CC2CCCCC21. The van der Waals surface area contributed by atoms with E-state index in [2.05, 4.69) is 9.88 Å². The molecule has 1 aliphatic carbocycles. The van der Waals surface area contributed by atoms with Crippen LogP contribution in [0.15, 0.2) is 5.51 Å². The molecule has 20 heavy (non-hydrogen) atoms. The molecule has 1 saturated heterocycles. The van der Waals surface area contributed by atoms with Crippen molar-refractivity contribution in [3.05, 3.63) is 16.1 Å². The Hall–Kier alpha value is -0.940. The molecule has 0 aromatic carbocycles. The molecule has 3 unspecified atom stereocenters. The normalized spacial score (nSPS) is 30.4. The van der Waals surface area contributed by atoms with Gasteiger partial charge in [-0.3, -0.25) is 9.69 Å². The number of fused-ring (bicyclic) bond motifs is 1. The predicted molar refractivity (Wildman–Crippen MR) is 79.0 cm³/mol. The number of hydrogen-bond donors (Lipinski definition) is 1. The second-order valence-corrected chi connectivity index (χ2v) is 6.99. The smallest absolute Gasteiger partial charge is 0.320 e.